The third-order valence-electron chi connectivity index (χ3n) is 10.2. The van der Waals surface area contributed by atoms with Gasteiger partial charge in [-0.05, 0) is 104 Å². The smallest absolute Gasteiger partial charge is 0.303 e. The Morgan fingerprint density at radius 2 is 1.68 bits per heavy atom. The van der Waals surface area contributed by atoms with Crippen LogP contribution in [0.15, 0.2) is 0 Å². The molecule has 4 heteroatoms. The van der Waals surface area contributed by atoms with Gasteiger partial charge in [-0.1, -0.05) is 20.8 Å². The molecular weight excluding hydrogens is 352 g/mol. The predicted octanol–water partition coefficient (Wildman–Crippen LogP) is 4.48. The molecule has 160 valence electrons. The highest BCUT2D eigenvalue weighted by Gasteiger charge is 2.62. The Bertz CT molecular complexity index is 605. The Hall–Kier alpha value is -0.610. The van der Waals surface area contributed by atoms with Crippen LogP contribution in [0.5, 0.6) is 0 Å². The van der Waals surface area contributed by atoms with Gasteiger partial charge >= 0.3 is 5.97 Å². The summed E-state index contributed by atoms with van der Waals surface area (Å²) < 4.78 is 0. The van der Waals surface area contributed by atoms with Gasteiger partial charge in [0.25, 0.3) is 0 Å². The lowest BCUT2D eigenvalue weighted by Gasteiger charge is -2.62. The van der Waals surface area contributed by atoms with E-state index in [4.69, 9.17) is 5.11 Å². The summed E-state index contributed by atoms with van der Waals surface area (Å²) >= 11 is 0. The molecule has 0 aromatic rings. The number of hydrogen-bond acceptors (Lipinski definition) is 3. The lowest BCUT2D eigenvalue weighted by atomic mass is 9.43. The molecule has 4 nitrogen and oxygen atoms in total. The number of carboxylic acids is 1. The van der Waals surface area contributed by atoms with Crippen LogP contribution in [0.3, 0.4) is 0 Å². The Morgan fingerprint density at radius 3 is 2.39 bits per heavy atom. The number of aliphatic hydroxyl groups is 2. The zero-order chi connectivity index (χ0) is 20.3. The zero-order valence-electron chi connectivity index (χ0n) is 17.9. The van der Waals surface area contributed by atoms with Gasteiger partial charge in [0, 0.05) is 6.42 Å². The number of rotatable bonds is 4. The Kier molecular flexibility index (Phi) is 5.36. The molecule has 10 atom stereocenters. The van der Waals surface area contributed by atoms with Gasteiger partial charge in [0.05, 0.1) is 12.2 Å². The molecule has 0 spiro atoms. The Balaban J connectivity index is 1.55. The molecule has 4 saturated carbocycles. The van der Waals surface area contributed by atoms with Gasteiger partial charge in [-0.2, -0.15) is 0 Å². The standard InChI is InChI=1S/C24H40O4/c1-14(4-7-21(27)28)17-5-6-18-22-19(9-11-24(17,18)3)23(2)10-8-16(25)12-15(23)13-20(22)26/h14-20,22,25-26H,4-13H2,1-3H3,(H,27,28)/t14-,15-,16-,17-,18?,19-,20-,22-,23+,24-/m1/s1. The molecule has 0 aromatic heterocycles. The molecule has 4 rings (SSSR count). The van der Waals surface area contributed by atoms with Crippen molar-refractivity contribution in [1.29, 1.82) is 0 Å². The summed E-state index contributed by atoms with van der Waals surface area (Å²) in [4.78, 5) is 11.1. The third-order valence-corrected chi connectivity index (χ3v) is 10.2. The zero-order valence-corrected chi connectivity index (χ0v) is 17.9. The maximum atomic E-state index is 11.2. The molecular formula is C24H40O4. The normalized spacial score (nSPS) is 51.7. The Morgan fingerprint density at radius 1 is 1.00 bits per heavy atom. The highest BCUT2D eigenvalue weighted by Crippen LogP contribution is 2.68. The van der Waals surface area contributed by atoms with E-state index >= 15 is 0 Å². The number of aliphatic carboxylic acids is 1. The predicted molar refractivity (Wildman–Crippen MR) is 109 cm³/mol. The van der Waals surface area contributed by atoms with E-state index in [1.54, 1.807) is 0 Å². The molecule has 0 aromatic carbocycles. The van der Waals surface area contributed by atoms with Gasteiger partial charge in [0.15, 0.2) is 0 Å². The molecule has 4 fully saturated rings. The minimum atomic E-state index is -0.684. The number of carboxylic acid groups (broad SMARTS) is 1. The number of hydrogen-bond donors (Lipinski definition) is 3. The highest BCUT2D eigenvalue weighted by molar-refractivity contribution is 5.66. The van der Waals surface area contributed by atoms with Crippen molar-refractivity contribution in [2.45, 2.75) is 97.2 Å². The summed E-state index contributed by atoms with van der Waals surface area (Å²) in [6.45, 7) is 7.16. The van der Waals surface area contributed by atoms with Crippen molar-refractivity contribution in [3.05, 3.63) is 0 Å². The first-order chi connectivity index (χ1) is 13.2. The monoisotopic (exact) mass is 392 g/mol. The molecule has 1 unspecified atom stereocenters. The fourth-order valence-electron chi connectivity index (χ4n) is 8.73. The van der Waals surface area contributed by atoms with Crippen molar-refractivity contribution in [2.24, 2.45) is 46.3 Å². The molecule has 0 radical (unpaired) electrons. The molecule has 3 N–H and O–H groups in total. The minimum absolute atomic E-state index is 0.179. The van der Waals surface area contributed by atoms with E-state index in [-0.39, 0.29) is 29.5 Å². The van der Waals surface area contributed by atoms with E-state index < -0.39 is 5.97 Å². The molecule has 0 amide bonds. The van der Waals surface area contributed by atoms with E-state index in [2.05, 4.69) is 20.8 Å². The molecule has 0 bridgehead atoms. The van der Waals surface area contributed by atoms with E-state index in [9.17, 15) is 15.0 Å². The van der Waals surface area contributed by atoms with Crippen LogP contribution in [0.1, 0.15) is 85.0 Å². The summed E-state index contributed by atoms with van der Waals surface area (Å²) in [5.41, 5.74) is 0.523. The molecule has 0 heterocycles. The largest absolute Gasteiger partial charge is 0.481 e. The maximum absolute atomic E-state index is 11.2. The first kappa shape index (κ1) is 20.7. The van der Waals surface area contributed by atoms with E-state index in [1.807, 2.05) is 0 Å². The van der Waals surface area contributed by atoms with E-state index in [1.165, 1.54) is 25.7 Å². The fourth-order valence-corrected chi connectivity index (χ4v) is 8.73. The van der Waals surface area contributed by atoms with Crippen molar-refractivity contribution >= 4 is 5.97 Å². The van der Waals surface area contributed by atoms with Crippen molar-refractivity contribution in [1.82, 2.24) is 0 Å². The van der Waals surface area contributed by atoms with Gasteiger partial charge in [0.2, 0.25) is 0 Å². The van der Waals surface area contributed by atoms with Crippen molar-refractivity contribution in [3.63, 3.8) is 0 Å². The second kappa shape index (κ2) is 7.27. The van der Waals surface area contributed by atoms with E-state index in [0.29, 0.717) is 35.5 Å². The van der Waals surface area contributed by atoms with Crippen molar-refractivity contribution in [2.75, 3.05) is 0 Å². The maximum Gasteiger partial charge on any atom is 0.303 e. The summed E-state index contributed by atoms with van der Waals surface area (Å²) in [6, 6.07) is 0. The van der Waals surface area contributed by atoms with Crippen LogP contribution < -0.4 is 0 Å². The quantitative estimate of drug-likeness (QED) is 0.659. The third kappa shape index (κ3) is 3.14. The average Bonchev–Trinajstić information content (AvgIpc) is 2.98. The molecule has 0 saturated heterocycles. The second-order valence-electron chi connectivity index (χ2n) is 11.4. The van der Waals surface area contributed by atoms with Gasteiger partial charge in [-0.25, -0.2) is 0 Å². The summed E-state index contributed by atoms with van der Waals surface area (Å²) in [5, 5.41) is 30.5. The lowest BCUT2D eigenvalue weighted by Crippen LogP contribution is -2.58. The Labute approximate surface area is 170 Å². The summed E-state index contributed by atoms with van der Waals surface area (Å²) in [7, 11) is 0. The van der Waals surface area contributed by atoms with Crippen LogP contribution in [0.4, 0.5) is 0 Å². The van der Waals surface area contributed by atoms with Crippen LogP contribution in [0, 0.1) is 46.3 Å². The van der Waals surface area contributed by atoms with Gasteiger partial charge < -0.3 is 15.3 Å². The molecule has 4 aliphatic carbocycles. The van der Waals surface area contributed by atoms with Crippen molar-refractivity contribution in [3.8, 4) is 0 Å². The highest BCUT2D eigenvalue weighted by atomic mass is 16.4. The first-order valence-corrected chi connectivity index (χ1v) is 11.7. The number of aliphatic hydroxyl groups excluding tert-OH is 2. The van der Waals surface area contributed by atoms with Crippen molar-refractivity contribution < 1.29 is 20.1 Å². The number of fused-ring (bicyclic) bond motifs is 5. The van der Waals surface area contributed by atoms with Crippen LogP contribution >= 0.6 is 0 Å². The first-order valence-electron chi connectivity index (χ1n) is 11.7. The fraction of sp³-hybridized carbons (Fsp3) is 0.958. The van der Waals surface area contributed by atoms with Crippen LogP contribution in [0.25, 0.3) is 0 Å². The average molecular weight is 393 g/mol. The second-order valence-corrected chi connectivity index (χ2v) is 11.4. The minimum Gasteiger partial charge on any atom is -0.481 e. The SMILES string of the molecule is C[C@H](CCC(=O)O)[C@H]1CCC2[C@H]3[C@H](O)C[C@H]4C[C@H](O)CC[C@]4(C)[C@@H]3CC[C@@]21C. The summed E-state index contributed by atoms with van der Waals surface area (Å²) in [5.74, 6) is 2.36. The van der Waals surface area contributed by atoms with Gasteiger partial charge in [-0.15, -0.1) is 0 Å². The number of carbonyl (C=O) groups is 1. The summed E-state index contributed by atoms with van der Waals surface area (Å²) in [6.07, 6.45) is 9.19. The van der Waals surface area contributed by atoms with E-state index in [0.717, 1.165) is 32.1 Å². The molecule has 0 aliphatic heterocycles. The van der Waals surface area contributed by atoms with Crippen LogP contribution in [-0.2, 0) is 4.79 Å². The topological polar surface area (TPSA) is 77.8 Å². The van der Waals surface area contributed by atoms with Crippen LogP contribution in [-0.4, -0.2) is 33.5 Å². The van der Waals surface area contributed by atoms with Crippen LogP contribution in [0.2, 0.25) is 0 Å². The lowest BCUT2D eigenvalue weighted by molar-refractivity contribution is -0.174. The molecule has 28 heavy (non-hydrogen) atoms. The van der Waals surface area contributed by atoms with Gasteiger partial charge in [-0.3, -0.25) is 4.79 Å². The molecule has 4 aliphatic rings. The van der Waals surface area contributed by atoms with Gasteiger partial charge in [0.1, 0.15) is 0 Å².